The zero-order valence-corrected chi connectivity index (χ0v) is 15.2. The summed E-state index contributed by atoms with van der Waals surface area (Å²) in [7, 11) is 3.57. The van der Waals surface area contributed by atoms with Crippen LogP contribution in [0.25, 0.3) is 0 Å². The van der Waals surface area contributed by atoms with Crippen molar-refractivity contribution < 1.29 is 9.59 Å². The molecule has 1 N–H and O–H groups in total. The van der Waals surface area contributed by atoms with Crippen molar-refractivity contribution in [2.24, 2.45) is 4.99 Å². The van der Waals surface area contributed by atoms with Crippen LogP contribution in [0.5, 0.6) is 0 Å². The van der Waals surface area contributed by atoms with E-state index >= 15 is 0 Å². The first-order chi connectivity index (χ1) is 11.9. The lowest BCUT2D eigenvalue weighted by Gasteiger charge is -2.40. The van der Waals surface area contributed by atoms with Gasteiger partial charge in [-0.15, -0.1) is 0 Å². The molecule has 2 aliphatic heterocycles. The molecule has 0 radical (unpaired) electrons. The van der Waals surface area contributed by atoms with Gasteiger partial charge in [0.25, 0.3) is 5.91 Å². The van der Waals surface area contributed by atoms with Gasteiger partial charge in [-0.1, -0.05) is 36.8 Å². The van der Waals surface area contributed by atoms with Crippen LogP contribution in [-0.2, 0) is 11.3 Å². The molecular weight excluding hydrogens is 318 g/mol. The Balaban J connectivity index is 1.84. The minimum atomic E-state index is -0.455. The highest BCUT2D eigenvalue weighted by Crippen LogP contribution is 2.25. The Kier molecular flexibility index (Phi) is 4.65. The van der Waals surface area contributed by atoms with Gasteiger partial charge in [0.1, 0.15) is 6.17 Å². The Morgan fingerprint density at radius 1 is 1.12 bits per heavy atom. The number of imide groups is 1. The monoisotopic (exact) mass is 343 g/mol. The Bertz CT molecular complexity index is 700. The number of amides is 3. The Morgan fingerprint density at radius 3 is 2.44 bits per heavy atom. The highest BCUT2D eigenvalue weighted by molar-refractivity contribution is 6.04. The minimum Gasteiger partial charge on any atom is -0.334 e. The number of nitrogens with one attached hydrogen (secondary N) is 1. The molecule has 0 aliphatic carbocycles. The zero-order valence-electron chi connectivity index (χ0n) is 15.2. The molecule has 3 rings (SSSR count). The van der Waals surface area contributed by atoms with Crippen molar-refractivity contribution in [1.29, 1.82) is 0 Å². The van der Waals surface area contributed by atoms with Crippen LogP contribution in [0.2, 0.25) is 0 Å². The first-order valence-corrected chi connectivity index (χ1v) is 8.61. The standard InChI is InChI=1S/C18H25N5O2/c1-5-10-19-17-20-15-14(21(17)3)16(24)23(18(25)22(15)4)11-13-8-6-12(2)7-9-13/h6-9,14-15H,5,10-11H2,1-4H3,(H,19,20). The number of rotatable bonds is 4. The second kappa shape index (κ2) is 6.74. The predicted molar refractivity (Wildman–Crippen MR) is 96.0 cm³/mol. The van der Waals surface area contributed by atoms with Crippen LogP contribution in [0.15, 0.2) is 29.3 Å². The van der Waals surface area contributed by atoms with E-state index in [9.17, 15) is 9.59 Å². The van der Waals surface area contributed by atoms with E-state index in [0.717, 1.165) is 17.5 Å². The molecular formula is C18H25N5O2. The molecule has 2 atom stereocenters. The van der Waals surface area contributed by atoms with E-state index in [4.69, 9.17) is 0 Å². The lowest BCUT2D eigenvalue weighted by Crippen LogP contribution is -2.65. The summed E-state index contributed by atoms with van der Waals surface area (Å²) in [6.45, 7) is 5.03. The molecule has 2 heterocycles. The minimum absolute atomic E-state index is 0.189. The number of nitrogens with zero attached hydrogens (tertiary/aromatic N) is 4. The maximum absolute atomic E-state index is 13.0. The van der Waals surface area contributed by atoms with Crippen molar-refractivity contribution in [2.45, 2.75) is 39.0 Å². The van der Waals surface area contributed by atoms with E-state index in [0.29, 0.717) is 12.5 Å². The van der Waals surface area contributed by atoms with E-state index in [1.165, 1.54) is 4.90 Å². The van der Waals surface area contributed by atoms with Crippen LogP contribution in [0.4, 0.5) is 4.79 Å². The SMILES string of the molecule is CCCN=C1NC2C(C(=O)N(Cc3ccc(C)cc3)C(=O)N2C)N1C. The Hall–Kier alpha value is -2.57. The highest BCUT2D eigenvalue weighted by Gasteiger charge is 2.51. The molecule has 0 bridgehead atoms. The number of hydrogen-bond donors (Lipinski definition) is 1. The molecule has 7 nitrogen and oxygen atoms in total. The van der Waals surface area contributed by atoms with Crippen molar-refractivity contribution in [3.8, 4) is 0 Å². The lowest BCUT2D eigenvalue weighted by atomic mass is 10.1. The summed E-state index contributed by atoms with van der Waals surface area (Å²) in [5.74, 6) is 0.479. The molecule has 0 saturated carbocycles. The third-order valence-corrected chi connectivity index (χ3v) is 4.74. The second-order valence-electron chi connectivity index (χ2n) is 6.65. The molecule has 2 unspecified atom stereocenters. The number of carbonyl (C=O) groups excluding carboxylic acids is 2. The third-order valence-electron chi connectivity index (χ3n) is 4.74. The van der Waals surface area contributed by atoms with Gasteiger partial charge in [0, 0.05) is 20.6 Å². The number of hydrogen-bond acceptors (Lipinski definition) is 3. The van der Waals surface area contributed by atoms with Gasteiger partial charge in [-0.2, -0.15) is 0 Å². The average Bonchev–Trinajstić information content (AvgIpc) is 2.93. The van der Waals surface area contributed by atoms with Crippen LogP contribution >= 0.6 is 0 Å². The Morgan fingerprint density at radius 2 is 1.80 bits per heavy atom. The number of benzene rings is 1. The van der Waals surface area contributed by atoms with Crippen LogP contribution in [0.3, 0.4) is 0 Å². The maximum Gasteiger partial charge on any atom is 0.328 e. The normalized spacial score (nSPS) is 24.8. The Labute approximate surface area is 148 Å². The first-order valence-electron chi connectivity index (χ1n) is 8.61. The summed E-state index contributed by atoms with van der Waals surface area (Å²) in [6.07, 6.45) is 0.547. The molecule has 134 valence electrons. The van der Waals surface area contributed by atoms with Crippen molar-refractivity contribution in [3.05, 3.63) is 35.4 Å². The molecule has 0 spiro atoms. The van der Waals surface area contributed by atoms with Gasteiger partial charge in [0.05, 0.1) is 6.54 Å². The summed E-state index contributed by atoms with van der Waals surface area (Å²) in [6, 6.07) is 7.13. The summed E-state index contributed by atoms with van der Waals surface area (Å²) in [5, 5.41) is 3.21. The zero-order chi connectivity index (χ0) is 18.1. The molecule has 1 aromatic rings. The van der Waals surface area contributed by atoms with Gasteiger partial charge in [0.2, 0.25) is 0 Å². The van der Waals surface area contributed by atoms with Crippen LogP contribution in [-0.4, -0.2) is 65.4 Å². The number of urea groups is 1. The smallest absolute Gasteiger partial charge is 0.328 e. The van der Waals surface area contributed by atoms with Crippen molar-refractivity contribution in [2.75, 3.05) is 20.6 Å². The van der Waals surface area contributed by atoms with E-state index < -0.39 is 6.04 Å². The molecule has 0 aromatic heterocycles. The predicted octanol–water partition coefficient (Wildman–Crippen LogP) is 1.38. The van der Waals surface area contributed by atoms with Gasteiger partial charge in [-0.25, -0.2) is 4.79 Å². The topological polar surface area (TPSA) is 68.2 Å². The van der Waals surface area contributed by atoms with Gasteiger partial charge >= 0.3 is 6.03 Å². The van der Waals surface area contributed by atoms with Gasteiger partial charge in [-0.3, -0.25) is 14.7 Å². The lowest BCUT2D eigenvalue weighted by molar-refractivity contribution is -0.137. The van der Waals surface area contributed by atoms with Gasteiger partial charge < -0.3 is 15.1 Å². The van der Waals surface area contributed by atoms with E-state index in [2.05, 4.69) is 17.2 Å². The third kappa shape index (κ3) is 3.06. The largest absolute Gasteiger partial charge is 0.334 e. The molecule has 7 heteroatoms. The average molecular weight is 343 g/mol. The summed E-state index contributed by atoms with van der Waals surface area (Å²) >= 11 is 0. The molecule has 2 saturated heterocycles. The number of guanidine groups is 1. The molecule has 25 heavy (non-hydrogen) atoms. The van der Waals surface area contributed by atoms with Crippen LogP contribution < -0.4 is 5.32 Å². The first kappa shape index (κ1) is 17.3. The summed E-state index contributed by atoms with van der Waals surface area (Å²) in [4.78, 5) is 35.0. The number of likely N-dealkylation sites (N-methyl/N-ethyl adjacent to an activating group) is 2. The molecule has 1 aromatic carbocycles. The van der Waals surface area contributed by atoms with Gasteiger partial charge in [-0.05, 0) is 18.9 Å². The van der Waals surface area contributed by atoms with Crippen molar-refractivity contribution in [1.82, 2.24) is 20.0 Å². The number of aryl methyl sites for hydroxylation is 1. The molecule has 2 fully saturated rings. The van der Waals surface area contributed by atoms with E-state index in [-0.39, 0.29) is 24.6 Å². The van der Waals surface area contributed by atoms with Crippen molar-refractivity contribution >= 4 is 17.9 Å². The highest BCUT2D eigenvalue weighted by atomic mass is 16.2. The number of aliphatic imine (C=N–C) groups is 1. The fraction of sp³-hybridized carbons (Fsp3) is 0.500. The van der Waals surface area contributed by atoms with Gasteiger partial charge in [0.15, 0.2) is 12.0 Å². The number of carbonyl (C=O) groups is 2. The van der Waals surface area contributed by atoms with Crippen LogP contribution in [0, 0.1) is 6.92 Å². The fourth-order valence-corrected chi connectivity index (χ4v) is 3.23. The molecule has 3 amide bonds. The van der Waals surface area contributed by atoms with Crippen LogP contribution in [0.1, 0.15) is 24.5 Å². The summed E-state index contributed by atoms with van der Waals surface area (Å²) in [5.41, 5.74) is 2.08. The van der Waals surface area contributed by atoms with Crippen molar-refractivity contribution in [3.63, 3.8) is 0 Å². The maximum atomic E-state index is 13.0. The van der Waals surface area contributed by atoms with E-state index in [1.54, 1.807) is 11.9 Å². The fourth-order valence-electron chi connectivity index (χ4n) is 3.23. The summed E-state index contributed by atoms with van der Waals surface area (Å²) < 4.78 is 0. The number of fused-ring (bicyclic) bond motifs is 1. The quantitative estimate of drug-likeness (QED) is 0.897. The second-order valence-corrected chi connectivity index (χ2v) is 6.65. The van der Waals surface area contributed by atoms with E-state index in [1.807, 2.05) is 43.1 Å². The molecule has 2 aliphatic rings.